The molecule has 8 nitrogen and oxygen atoms in total. The van der Waals surface area contributed by atoms with Crippen LogP contribution in [-0.2, 0) is 21.6 Å². The van der Waals surface area contributed by atoms with E-state index in [9.17, 15) is 10.5 Å². The van der Waals surface area contributed by atoms with Gasteiger partial charge in [-0.2, -0.15) is 10.5 Å². The van der Waals surface area contributed by atoms with Crippen molar-refractivity contribution in [1.82, 2.24) is 9.97 Å². The minimum absolute atomic E-state index is 0.0618. The summed E-state index contributed by atoms with van der Waals surface area (Å²) in [5.41, 5.74) is 12.2. The third-order valence-corrected chi connectivity index (χ3v) is 8.47. The molecule has 1 fully saturated rings. The fraction of sp³-hybridized carbons (Fsp3) is 0.290. The van der Waals surface area contributed by atoms with Gasteiger partial charge in [-0.1, -0.05) is 48.2 Å². The third kappa shape index (κ3) is 6.87. The smallest absolute Gasteiger partial charge is 0.187 e. The van der Waals surface area contributed by atoms with Crippen LogP contribution in [0.15, 0.2) is 58.9 Å². The average Bonchev–Trinajstić information content (AvgIpc) is 3.55. The number of rotatable bonds is 9. The van der Waals surface area contributed by atoms with E-state index in [4.69, 9.17) is 15.2 Å². The molecule has 0 amide bonds. The molecule has 1 saturated heterocycles. The number of anilines is 3. The average molecular weight is 583 g/mol. The molecule has 0 saturated carbocycles. The Balaban J connectivity index is 1.32. The number of thioether (sulfide) groups is 1. The molecular formula is C31H30N6O2S2. The van der Waals surface area contributed by atoms with Gasteiger partial charge in [0.05, 0.1) is 24.0 Å². The number of thiazole rings is 1. The van der Waals surface area contributed by atoms with Crippen molar-refractivity contribution in [3.63, 3.8) is 0 Å². The summed E-state index contributed by atoms with van der Waals surface area (Å²) in [6.45, 7) is 6.48. The molecule has 3 heterocycles. The van der Waals surface area contributed by atoms with E-state index in [1.54, 1.807) is 0 Å². The van der Waals surface area contributed by atoms with E-state index in [0.29, 0.717) is 28.5 Å². The van der Waals surface area contributed by atoms with Crippen molar-refractivity contribution in [2.75, 3.05) is 17.7 Å². The molecule has 0 bridgehead atoms. The van der Waals surface area contributed by atoms with E-state index in [0.717, 1.165) is 40.5 Å². The van der Waals surface area contributed by atoms with Gasteiger partial charge in [0.1, 0.15) is 28.5 Å². The topological polar surface area (TPSA) is 130 Å². The summed E-state index contributed by atoms with van der Waals surface area (Å²) < 4.78 is 11.6. The highest BCUT2D eigenvalue weighted by Crippen LogP contribution is 2.37. The Morgan fingerprint density at radius 2 is 1.90 bits per heavy atom. The van der Waals surface area contributed by atoms with E-state index in [1.807, 2.05) is 68.6 Å². The Labute approximate surface area is 248 Å². The van der Waals surface area contributed by atoms with Crippen LogP contribution < -0.4 is 11.1 Å². The molecule has 10 heteroatoms. The lowest BCUT2D eigenvalue weighted by Gasteiger charge is -2.17. The standard InChI is InChI=1S/C31H30N6O2S2/c1-19-5-4-6-22(13-19)35-30-36-23(18-41-30)17-40-29-26(15-33)27(25(14-32)28(34)37-29)21-10-7-20(8-11-21)9-12-24-16-38-31(2,3)39-24/h4-8,10-11,13,18,24H,9,12,16-17H2,1-3H3,(H2,34,37)(H,35,36). The van der Waals surface area contributed by atoms with Crippen LogP contribution in [0.4, 0.5) is 16.6 Å². The lowest BCUT2D eigenvalue weighted by atomic mass is 9.95. The second kappa shape index (κ2) is 12.3. The van der Waals surface area contributed by atoms with E-state index in [2.05, 4.69) is 33.5 Å². The summed E-state index contributed by atoms with van der Waals surface area (Å²) >= 11 is 2.90. The summed E-state index contributed by atoms with van der Waals surface area (Å²) in [6, 6.07) is 20.4. The minimum Gasteiger partial charge on any atom is -0.383 e. The zero-order valence-electron chi connectivity index (χ0n) is 23.1. The second-order valence-corrected chi connectivity index (χ2v) is 12.1. The number of nitrogens with zero attached hydrogens (tertiary/aromatic N) is 4. The van der Waals surface area contributed by atoms with E-state index < -0.39 is 5.79 Å². The SMILES string of the molecule is Cc1cccc(Nc2nc(CSc3nc(N)c(C#N)c(-c4ccc(CCC5COC(C)(C)O5)cc4)c3C#N)cs2)c1. The number of hydrogen-bond donors (Lipinski definition) is 2. The highest BCUT2D eigenvalue weighted by atomic mass is 32.2. The quantitative estimate of drug-likeness (QED) is 0.201. The van der Waals surface area contributed by atoms with Crippen LogP contribution in [0.1, 0.15) is 48.2 Å². The van der Waals surface area contributed by atoms with Crippen molar-refractivity contribution in [2.24, 2.45) is 0 Å². The molecule has 1 atom stereocenters. The molecule has 41 heavy (non-hydrogen) atoms. The third-order valence-electron chi connectivity index (χ3n) is 6.66. The predicted molar refractivity (Wildman–Crippen MR) is 163 cm³/mol. The fourth-order valence-electron chi connectivity index (χ4n) is 4.68. The summed E-state index contributed by atoms with van der Waals surface area (Å²) in [5.74, 6) is 0.0721. The molecule has 3 N–H and O–H groups in total. The first-order chi connectivity index (χ1) is 19.7. The Bertz CT molecular complexity index is 1640. The lowest BCUT2D eigenvalue weighted by molar-refractivity contribution is -0.138. The number of nitrogen functional groups attached to an aromatic ring is 1. The Morgan fingerprint density at radius 1 is 1.12 bits per heavy atom. The second-order valence-electron chi connectivity index (χ2n) is 10.3. The van der Waals surface area contributed by atoms with Gasteiger partial charge in [-0.15, -0.1) is 11.3 Å². The van der Waals surface area contributed by atoms with Crippen molar-refractivity contribution in [2.45, 2.75) is 56.3 Å². The fourth-order valence-corrected chi connectivity index (χ4v) is 6.40. The van der Waals surface area contributed by atoms with E-state index in [1.165, 1.54) is 28.7 Å². The zero-order valence-corrected chi connectivity index (χ0v) is 24.7. The number of aryl methyl sites for hydroxylation is 2. The van der Waals surface area contributed by atoms with Crippen LogP contribution in [0.5, 0.6) is 0 Å². The molecule has 0 radical (unpaired) electrons. The van der Waals surface area contributed by atoms with Crippen molar-refractivity contribution in [1.29, 1.82) is 10.5 Å². The molecule has 5 rings (SSSR count). The van der Waals surface area contributed by atoms with Gasteiger partial charge in [-0.3, -0.25) is 0 Å². The monoisotopic (exact) mass is 582 g/mol. The molecule has 208 valence electrons. The number of benzene rings is 2. The van der Waals surface area contributed by atoms with Crippen molar-refractivity contribution < 1.29 is 9.47 Å². The summed E-state index contributed by atoms with van der Waals surface area (Å²) in [4.78, 5) is 9.11. The number of pyridine rings is 1. The van der Waals surface area contributed by atoms with Crippen LogP contribution in [0.25, 0.3) is 11.1 Å². The number of nitrogens with two attached hydrogens (primary N) is 1. The maximum atomic E-state index is 10.2. The van der Waals surface area contributed by atoms with Crippen molar-refractivity contribution in [3.8, 4) is 23.3 Å². The molecule has 4 aromatic rings. The molecule has 1 aliphatic heterocycles. The van der Waals surface area contributed by atoms with Crippen LogP contribution in [0.3, 0.4) is 0 Å². The van der Waals surface area contributed by atoms with Crippen molar-refractivity contribution >= 4 is 39.7 Å². The number of nitrogens with one attached hydrogen (secondary N) is 1. The Kier molecular flexibility index (Phi) is 8.57. The highest BCUT2D eigenvalue weighted by Gasteiger charge is 2.32. The van der Waals surface area contributed by atoms with Gasteiger partial charge >= 0.3 is 0 Å². The van der Waals surface area contributed by atoms with Gasteiger partial charge in [0.2, 0.25) is 0 Å². The first-order valence-electron chi connectivity index (χ1n) is 13.2. The molecule has 2 aromatic carbocycles. The molecule has 0 aliphatic carbocycles. The maximum Gasteiger partial charge on any atom is 0.187 e. The first-order valence-corrected chi connectivity index (χ1v) is 15.1. The zero-order chi connectivity index (χ0) is 29.0. The molecule has 2 aromatic heterocycles. The number of ether oxygens (including phenoxy) is 2. The van der Waals surface area contributed by atoms with E-state index >= 15 is 0 Å². The van der Waals surface area contributed by atoms with Gasteiger partial charge < -0.3 is 20.5 Å². The van der Waals surface area contributed by atoms with Crippen LogP contribution in [-0.4, -0.2) is 28.5 Å². The molecule has 0 spiro atoms. The minimum atomic E-state index is -0.535. The predicted octanol–water partition coefficient (Wildman–Crippen LogP) is 6.96. The summed E-state index contributed by atoms with van der Waals surface area (Å²) in [7, 11) is 0. The van der Waals surface area contributed by atoms with Gasteiger partial charge in [0, 0.05) is 22.4 Å². The number of nitriles is 2. The largest absolute Gasteiger partial charge is 0.383 e. The van der Waals surface area contributed by atoms with Gasteiger partial charge in [-0.05, 0) is 62.4 Å². The van der Waals surface area contributed by atoms with Gasteiger partial charge in [0.15, 0.2) is 10.9 Å². The number of hydrogen-bond acceptors (Lipinski definition) is 10. The van der Waals surface area contributed by atoms with Crippen LogP contribution in [0.2, 0.25) is 0 Å². The van der Waals surface area contributed by atoms with Crippen LogP contribution in [0, 0.1) is 29.6 Å². The normalized spacial score (nSPS) is 15.8. The number of aromatic nitrogens is 2. The van der Waals surface area contributed by atoms with E-state index in [-0.39, 0.29) is 17.5 Å². The Hall–Kier alpha value is -3.93. The molecule has 1 unspecified atom stereocenters. The lowest BCUT2D eigenvalue weighted by Crippen LogP contribution is -2.21. The molecule has 1 aliphatic rings. The van der Waals surface area contributed by atoms with Gasteiger partial charge in [0.25, 0.3) is 0 Å². The van der Waals surface area contributed by atoms with Gasteiger partial charge in [-0.25, -0.2) is 9.97 Å². The molecular weight excluding hydrogens is 553 g/mol. The highest BCUT2D eigenvalue weighted by molar-refractivity contribution is 7.98. The first kappa shape index (κ1) is 28.6. The van der Waals surface area contributed by atoms with Crippen LogP contribution >= 0.6 is 23.1 Å². The maximum absolute atomic E-state index is 10.2. The summed E-state index contributed by atoms with van der Waals surface area (Å²) in [5, 5.41) is 26.6. The summed E-state index contributed by atoms with van der Waals surface area (Å²) in [6.07, 6.45) is 1.73. The van der Waals surface area contributed by atoms with Crippen molar-refractivity contribution in [3.05, 3.63) is 81.9 Å². The Morgan fingerprint density at radius 3 is 2.59 bits per heavy atom.